The molecule has 0 aliphatic heterocycles. The van der Waals surface area contributed by atoms with Crippen LogP contribution in [-0.4, -0.2) is 0 Å². The van der Waals surface area contributed by atoms with Gasteiger partial charge in [-0.05, 0) is 43.0 Å². The second-order valence-electron chi connectivity index (χ2n) is 3.99. The maximum Gasteiger partial charge on any atom is 0.126 e. The summed E-state index contributed by atoms with van der Waals surface area (Å²) in [7, 11) is 0. The maximum atomic E-state index is 5.55. The van der Waals surface area contributed by atoms with Gasteiger partial charge in [0, 0.05) is 0 Å². The zero-order valence-electron chi connectivity index (χ0n) is 10.4. The van der Waals surface area contributed by atoms with E-state index in [2.05, 4.69) is 32.1 Å². The largest absolute Gasteiger partial charge is 0.465 e. The lowest BCUT2D eigenvalue weighted by atomic mass is 10.2. The molecule has 0 aliphatic carbocycles. The molecule has 1 heteroatoms. The molecule has 1 nitrogen and oxygen atoms in total. The van der Waals surface area contributed by atoms with Crippen LogP contribution >= 0.6 is 0 Å². The number of allylic oxidation sites excluding steroid dienone is 1. The predicted octanol–water partition coefficient (Wildman–Crippen LogP) is 4.72. The Morgan fingerprint density at radius 1 is 1.19 bits per heavy atom. The fourth-order valence-electron chi connectivity index (χ4n) is 1.55. The molecule has 1 aromatic rings. The molecule has 88 valence electrons. The van der Waals surface area contributed by atoms with Crippen LogP contribution in [0.25, 0.3) is 0 Å². The van der Waals surface area contributed by atoms with Crippen molar-refractivity contribution in [3.63, 3.8) is 0 Å². The Labute approximate surface area is 99.1 Å². The fourth-order valence-corrected chi connectivity index (χ4v) is 1.55. The van der Waals surface area contributed by atoms with Gasteiger partial charge in [0.15, 0.2) is 0 Å². The minimum atomic E-state index is 0.936. The van der Waals surface area contributed by atoms with Crippen molar-refractivity contribution in [3.8, 4) is 5.75 Å². The molecule has 0 heterocycles. The average Bonchev–Trinajstić information content (AvgIpc) is 2.34. The van der Waals surface area contributed by atoms with E-state index < -0.39 is 0 Å². The minimum Gasteiger partial charge on any atom is -0.465 e. The van der Waals surface area contributed by atoms with Crippen molar-refractivity contribution >= 4 is 0 Å². The van der Waals surface area contributed by atoms with E-state index in [0.717, 1.165) is 18.6 Å². The van der Waals surface area contributed by atoms with Crippen molar-refractivity contribution < 1.29 is 4.74 Å². The van der Waals surface area contributed by atoms with E-state index in [4.69, 9.17) is 4.74 Å². The van der Waals surface area contributed by atoms with E-state index in [0.29, 0.717) is 0 Å². The zero-order chi connectivity index (χ0) is 11.6. The summed E-state index contributed by atoms with van der Waals surface area (Å²) in [6.45, 7) is 4.37. The van der Waals surface area contributed by atoms with Gasteiger partial charge >= 0.3 is 0 Å². The highest BCUT2D eigenvalue weighted by atomic mass is 16.5. The quantitative estimate of drug-likeness (QED) is 0.475. The Bertz CT molecular complexity index is 315. The van der Waals surface area contributed by atoms with E-state index >= 15 is 0 Å². The standard InChI is InChI=1S/C15H22O/c1-3-5-6-7-8-12-16-15-11-9-10-14(4-2)13-15/h8-13H,3-7H2,1-2H3/b12-8+. The van der Waals surface area contributed by atoms with Crippen molar-refractivity contribution in [3.05, 3.63) is 42.2 Å². The highest BCUT2D eigenvalue weighted by molar-refractivity contribution is 5.28. The van der Waals surface area contributed by atoms with Gasteiger partial charge in [-0.1, -0.05) is 38.8 Å². The number of hydrogen-bond donors (Lipinski definition) is 0. The SMILES string of the molecule is CCCCC/C=C/Oc1cccc(CC)c1. The number of aryl methyl sites for hydroxylation is 1. The predicted molar refractivity (Wildman–Crippen MR) is 69.7 cm³/mol. The van der Waals surface area contributed by atoms with Gasteiger partial charge in [0.25, 0.3) is 0 Å². The van der Waals surface area contributed by atoms with Crippen molar-refractivity contribution in [2.75, 3.05) is 0 Å². The molecule has 1 rings (SSSR count). The van der Waals surface area contributed by atoms with Gasteiger partial charge in [0.2, 0.25) is 0 Å². The van der Waals surface area contributed by atoms with Crippen molar-refractivity contribution in [2.24, 2.45) is 0 Å². The van der Waals surface area contributed by atoms with Crippen LogP contribution in [-0.2, 0) is 6.42 Å². The summed E-state index contributed by atoms with van der Waals surface area (Å²) >= 11 is 0. The Kier molecular flexibility index (Phi) is 6.39. The summed E-state index contributed by atoms with van der Waals surface area (Å²) in [6.07, 6.45) is 9.91. The first-order valence-corrected chi connectivity index (χ1v) is 6.27. The van der Waals surface area contributed by atoms with E-state index in [1.54, 1.807) is 0 Å². The van der Waals surface area contributed by atoms with E-state index in [-0.39, 0.29) is 0 Å². The van der Waals surface area contributed by atoms with Crippen LogP contribution in [0.15, 0.2) is 36.6 Å². The zero-order valence-corrected chi connectivity index (χ0v) is 10.4. The molecule has 0 atom stereocenters. The molecule has 0 spiro atoms. The highest BCUT2D eigenvalue weighted by Crippen LogP contribution is 2.14. The second-order valence-corrected chi connectivity index (χ2v) is 3.99. The highest BCUT2D eigenvalue weighted by Gasteiger charge is 1.92. The first kappa shape index (κ1) is 12.8. The van der Waals surface area contributed by atoms with E-state index in [1.807, 2.05) is 18.4 Å². The van der Waals surface area contributed by atoms with Gasteiger partial charge in [0.05, 0.1) is 6.26 Å². The van der Waals surface area contributed by atoms with Gasteiger partial charge in [-0.25, -0.2) is 0 Å². The van der Waals surface area contributed by atoms with Gasteiger partial charge in [-0.2, -0.15) is 0 Å². The van der Waals surface area contributed by atoms with Gasteiger partial charge in [-0.3, -0.25) is 0 Å². The molecule has 0 aromatic heterocycles. The first-order valence-electron chi connectivity index (χ1n) is 6.27. The maximum absolute atomic E-state index is 5.55. The summed E-state index contributed by atoms with van der Waals surface area (Å²) in [5, 5.41) is 0. The van der Waals surface area contributed by atoms with Crippen molar-refractivity contribution in [1.29, 1.82) is 0 Å². The van der Waals surface area contributed by atoms with Crippen LogP contribution in [0.4, 0.5) is 0 Å². The topological polar surface area (TPSA) is 9.23 Å². The normalized spacial score (nSPS) is 10.9. The molecule has 0 amide bonds. The Hall–Kier alpha value is -1.24. The number of rotatable bonds is 7. The fraction of sp³-hybridized carbons (Fsp3) is 0.467. The molecule has 16 heavy (non-hydrogen) atoms. The van der Waals surface area contributed by atoms with Crippen LogP contribution in [0.2, 0.25) is 0 Å². The summed E-state index contributed by atoms with van der Waals surface area (Å²) < 4.78 is 5.55. The van der Waals surface area contributed by atoms with Gasteiger partial charge < -0.3 is 4.74 Å². The number of benzene rings is 1. The third-order valence-corrected chi connectivity index (χ3v) is 2.58. The Morgan fingerprint density at radius 2 is 2.06 bits per heavy atom. The average molecular weight is 218 g/mol. The van der Waals surface area contributed by atoms with Crippen molar-refractivity contribution in [1.82, 2.24) is 0 Å². The van der Waals surface area contributed by atoms with E-state index in [9.17, 15) is 0 Å². The Morgan fingerprint density at radius 3 is 2.81 bits per heavy atom. The molecule has 0 radical (unpaired) electrons. The Balaban J connectivity index is 2.30. The van der Waals surface area contributed by atoms with Crippen LogP contribution in [0.3, 0.4) is 0 Å². The molecular formula is C15H22O. The van der Waals surface area contributed by atoms with Gasteiger partial charge in [-0.15, -0.1) is 0 Å². The molecule has 0 bridgehead atoms. The summed E-state index contributed by atoms with van der Waals surface area (Å²) in [4.78, 5) is 0. The first-order chi connectivity index (χ1) is 7.86. The van der Waals surface area contributed by atoms with Crippen LogP contribution in [0, 0.1) is 0 Å². The number of hydrogen-bond acceptors (Lipinski definition) is 1. The molecule has 0 fully saturated rings. The van der Waals surface area contributed by atoms with E-state index in [1.165, 1.54) is 24.8 Å². The minimum absolute atomic E-state index is 0.936. The molecule has 0 saturated carbocycles. The van der Waals surface area contributed by atoms with Gasteiger partial charge in [0.1, 0.15) is 5.75 Å². The molecule has 0 unspecified atom stereocenters. The lowest BCUT2D eigenvalue weighted by molar-refractivity contribution is 0.477. The molecule has 1 aromatic carbocycles. The number of unbranched alkanes of at least 4 members (excludes halogenated alkanes) is 3. The monoisotopic (exact) mass is 218 g/mol. The molecular weight excluding hydrogens is 196 g/mol. The lowest BCUT2D eigenvalue weighted by Crippen LogP contribution is -1.85. The summed E-state index contributed by atoms with van der Waals surface area (Å²) in [5.41, 5.74) is 1.32. The summed E-state index contributed by atoms with van der Waals surface area (Å²) in [6, 6.07) is 8.25. The molecule has 0 saturated heterocycles. The smallest absolute Gasteiger partial charge is 0.126 e. The number of ether oxygens (including phenoxy) is 1. The van der Waals surface area contributed by atoms with Crippen LogP contribution in [0.1, 0.15) is 45.1 Å². The van der Waals surface area contributed by atoms with Crippen LogP contribution < -0.4 is 4.74 Å². The summed E-state index contributed by atoms with van der Waals surface area (Å²) in [5.74, 6) is 0.936. The molecule has 0 aliphatic rings. The second kappa shape index (κ2) is 7.98. The third-order valence-electron chi connectivity index (χ3n) is 2.58. The molecule has 0 N–H and O–H groups in total. The van der Waals surface area contributed by atoms with Crippen molar-refractivity contribution in [2.45, 2.75) is 46.0 Å². The lowest BCUT2D eigenvalue weighted by Gasteiger charge is -2.02. The van der Waals surface area contributed by atoms with Crippen LogP contribution in [0.5, 0.6) is 5.75 Å². The third kappa shape index (κ3) is 5.01.